The highest BCUT2D eigenvalue weighted by molar-refractivity contribution is 6.04. The van der Waals surface area contributed by atoms with Crippen molar-refractivity contribution in [2.45, 2.75) is 110 Å². The highest BCUT2D eigenvalue weighted by Gasteiger charge is 2.52. The highest BCUT2D eigenvalue weighted by atomic mass is 16.7. The monoisotopic (exact) mass is 746 g/mol. The first-order valence-corrected chi connectivity index (χ1v) is 19.1. The Morgan fingerprint density at radius 3 is 2.19 bits per heavy atom. The lowest BCUT2D eigenvalue weighted by molar-refractivity contribution is -0.295. The molecule has 0 aromatic heterocycles. The van der Waals surface area contributed by atoms with Gasteiger partial charge in [0.2, 0.25) is 0 Å². The zero-order valence-corrected chi connectivity index (χ0v) is 34.2. The van der Waals surface area contributed by atoms with E-state index in [1.165, 1.54) is 0 Å². The minimum atomic E-state index is -1.49. The third-order valence-electron chi connectivity index (χ3n) is 11.8. The van der Waals surface area contributed by atoms with Gasteiger partial charge >= 0.3 is 5.97 Å². The second-order valence-electron chi connectivity index (χ2n) is 16.7. The van der Waals surface area contributed by atoms with Crippen molar-refractivity contribution in [3.63, 3.8) is 0 Å². The van der Waals surface area contributed by atoms with Gasteiger partial charge in [0, 0.05) is 63.9 Å². The molecule has 1 amide bonds. The van der Waals surface area contributed by atoms with Crippen LogP contribution < -0.4 is 4.74 Å². The Morgan fingerprint density at radius 1 is 1.00 bits per heavy atom. The van der Waals surface area contributed by atoms with E-state index in [0.717, 1.165) is 0 Å². The Morgan fingerprint density at radius 2 is 1.62 bits per heavy atom. The molecule has 53 heavy (non-hydrogen) atoms. The van der Waals surface area contributed by atoms with Gasteiger partial charge in [-0.1, -0.05) is 13.8 Å². The molecule has 0 unspecified atom stereocenters. The van der Waals surface area contributed by atoms with Gasteiger partial charge in [0.1, 0.15) is 23.4 Å². The van der Waals surface area contributed by atoms with Crippen molar-refractivity contribution in [2.24, 2.45) is 17.3 Å². The number of carbonyl (C=O) groups is 3. The molecule has 3 fully saturated rings. The van der Waals surface area contributed by atoms with Crippen LogP contribution in [0.25, 0.3) is 0 Å². The summed E-state index contributed by atoms with van der Waals surface area (Å²) in [6.45, 7) is 16.7. The number of aliphatic hydroxyl groups excluding tert-OH is 1. The van der Waals surface area contributed by atoms with Gasteiger partial charge in [0.05, 0.1) is 31.0 Å². The first kappa shape index (κ1) is 43.1. The lowest BCUT2D eigenvalue weighted by Crippen LogP contribution is -2.59. The molecule has 1 aromatic carbocycles. The maximum atomic E-state index is 14.4. The second-order valence-corrected chi connectivity index (χ2v) is 16.7. The number of carbonyl (C=O) groups excluding carboxylic acids is 3. The summed E-state index contributed by atoms with van der Waals surface area (Å²) in [4.78, 5) is 50.0. The van der Waals surface area contributed by atoms with Gasteiger partial charge in [-0.3, -0.25) is 24.2 Å². The summed E-state index contributed by atoms with van der Waals surface area (Å²) < 4.78 is 30.5. The molecule has 13 heteroatoms. The minimum Gasteiger partial charge on any atom is -0.497 e. The van der Waals surface area contributed by atoms with E-state index in [4.69, 9.17) is 23.7 Å². The topological polar surface area (TPSA) is 131 Å². The van der Waals surface area contributed by atoms with Gasteiger partial charge < -0.3 is 38.6 Å². The largest absolute Gasteiger partial charge is 0.497 e. The number of likely N-dealkylation sites (N-methyl/N-ethyl adjacent to an activating group) is 2. The SMILES string of the molecule is COc1ccc(C(=O)N2CCN(C[C@H]3[C@H](C)OC(=O)C(C)(C)C(=O)[C@H](C)[C@@H](O[C@@H]4O[C@H](C)C[C@H](N(C)C)[C@H]4O)[C@](C)(OC)C[C@@H](C)CN3C)CC2)cc1. The Hall–Kier alpha value is -2.65. The maximum Gasteiger partial charge on any atom is 0.319 e. The molecule has 0 aliphatic carbocycles. The standard InChI is InChI=1S/C40H66N4O9/c1-25-22-40(7,50-12)35(53-37-33(45)31(41(8)9)21-26(2)51-37)27(3)34(46)39(5,6)38(48)52-28(4)32(42(10)23-25)24-43-17-19-44(20-18-43)36(47)29-13-15-30(49-11)16-14-29/h13-16,25-28,31-33,35,37,45H,17-24H2,1-12H3/t25-,26-,27+,28+,31+,32+,33-,35-,37+,40-/m1/s1. The van der Waals surface area contributed by atoms with Crippen molar-refractivity contribution < 1.29 is 43.2 Å². The lowest BCUT2D eigenvalue weighted by Gasteiger charge is -2.47. The summed E-state index contributed by atoms with van der Waals surface area (Å²) in [7, 11) is 9.09. The summed E-state index contributed by atoms with van der Waals surface area (Å²) in [5, 5.41) is 11.4. The van der Waals surface area contributed by atoms with E-state index in [0.29, 0.717) is 63.4 Å². The van der Waals surface area contributed by atoms with Gasteiger partial charge in [0.25, 0.3) is 5.91 Å². The van der Waals surface area contributed by atoms with Gasteiger partial charge in [0.15, 0.2) is 12.1 Å². The number of cyclic esters (lactones) is 1. The Kier molecular flexibility index (Phi) is 14.5. The van der Waals surface area contributed by atoms with Crippen molar-refractivity contribution in [3.8, 4) is 5.75 Å². The zero-order chi connectivity index (χ0) is 39.4. The van der Waals surface area contributed by atoms with E-state index < -0.39 is 47.5 Å². The number of amides is 1. The van der Waals surface area contributed by atoms with Crippen LogP contribution in [-0.2, 0) is 28.5 Å². The first-order chi connectivity index (χ1) is 24.8. The fraction of sp³-hybridized carbons (Fsp3) is 0.775. The fourth-order valence-corrected chi connectivity index (χ4v) is 8.45. The van der Waals surface area contributed by atoms with E-state index in [2.05, 4.69) is 16.7 Å². The molecular formula is C40H66N4O9. The van der Waals surface area contributed by atoms with Crippen molar-refractivity contribution >= 4 is 17.7 Å². The van der Waals surface area contributed by atoms with Crippen LogP contribution >= 0.6 is 0 Å². The zero-order valence-electron chi connectivity index (χ0n) is 34.2. The molecule has 3 saturated heterocycles. The number of hydrogen-bond acceptors (Lipinski definition) is 12. The molecule has 0 spiro atoms. The maximum absolute atomic E-state index is 14.4. The van der Waals surface area contributed by atoms with Crippen molar-refractivity contribution in [1.29, 1.82) is 0 Å². The molecule has 3 aliphatic heterocycles. The molecule has 3 aliphatic rings. The van der Waals surface area contributed by atoms with E-state index in [1.54, 1.807) is 59.3 Å². The third kappa shape index (κ3) is 9.97. The van der Waals surface area contributed by atoms with Gasteiger partial charge in [-0.05, 0) is 98.8 Å². The minimum absolute atomic E-state index is 0.0104. The molecular weight excluding hydrogens is 680 g/mol. The van der Waals surface area contributed by atoms with Crippen LogP contribution in [-0.4, -0.2) is 165 Å². The number of esters is 1. The molecule has 0 radical (unpaired) electrons. The molecule has 0 bridgehead atoms. The normalized spacial score (nSPS) is 35.6. The molecule has 4 rings (SSSR count). The summed E-state index contributed by atoms with van der Waals surface area (Å²) >= 11 is 0. The van der Waals surface area contributed by atoms with E-state index >= 15 is 0 Å². The van der Waals surface area contributed by atoms with Crippen LogP contribution in [0.3, 0.4) is 0 Å². The molecule has 10 atom stereocenters. The van der Waals surface area contributed by atoms with Crippen LogP contribution in [0.4, 0.5) is 0 Å². The van der Waals surface area contributed by atoms with Gasteiger partial charge in [-0.2, -0.15) is 0 Å². The van der Waals surface area contributed by atoms with Crippen molar-refractivity contribution in [3.05, 3.63) is 29.8 Å². The predicted molar refractivity (Wildman–Crippen MR) is 202 cm³/mol. The quantitative estimate of drug-likeness (QED) is 0.310. The third-order valence-corrected chi connectivity index (χ3v) is 11.8. The van der Waals surface area contributed by atoms with Gasteiger partial charge in [-0.25, -0.2) is 0 Å². The fourth-order valence-electron chi connectivity index (χ4n) is 8.45. The summed E-state index contributed by atoms with van der Waals surface area (Å²) in [5.41, 5.74) is -1.85. The van der Waals surface area contributed by atoms with Crippen LogP contribution in [0, 0.1) is 17.3 Å². The Bertz CT molecular complexity index is 1380. The number of hydrogen-bond donors (Lipinski definition) is 1. The second kappa shape index (κ2) is 17.9. The average Bonchev–Trinajstić information content (AvgIpc) is 3.12. The molecule has 0 saturated carbocycles. The lowest BCUT2D eigenvalue weighted by atomic mass is 9.74. The number of piperazine rings is 1. The molecule has 13 nitrogen and oxygen atoms in total. The summed E-state index contributed by atoms with van der Waals surface area (Å²) in [6, 6.07) is 6.78. The first-order valence-electron chi connectivity index (χ1n) is 19.1. The number of aliphatic hydroxyl groups is 1. The Labute approximate surface area is 317 Å². The number of benzene rings is 1. The van der Waals surface area contributed by atoms with Crippen LogP contribution in [0.5, 0.6) is 5.75 Å². The van der Waals surface area contributed by atoms with Crippen LogP contribution in [0.1, 0.15) is 71.7 Å². The molecule has 1 aromatic rings. The summed E-state index contributed by atoms with van der Waals surface area (Å²) in [6.07, 6.45) is -2.35. The molecule has 1 N–H and O–H groups in total. The number of Topliss-reactive ketones (excluding diaryl/α,β-unsaturated/α-hetero) is 1. The molecule has 3 heterocycles. The van der Waals surface area contributed by atoms with Crippen LogP contribution in [0.2, 0.25) is 0 Å². The van der Waals surface area contributed by atoms with Gasteiger partial charge in [-0.15, -0.1) is 0 Å². The number of methoxy groups -OCH3 is 2. The number of ether oxygens (including phenoxy) is 5. The highest BCUT2D eigenvalue weighted by Crippen LogP contribution is 2.38. The van der Waals surface area contributed by atoms with Crippen molar-refractivity contribution in [2.75, 3.05) is 74.6 Å². The number of ketones is 1. The number of nitrogens with zero attached hydrogens (tertiary/aromatic N) is 4. The smallest absolute Gasteiger partial charge is 0.319 e. The predicted octanol–water partition coefficient (Wildman–Crippen LogP) is 3.17. The molecule has 300 valence electrons. The average molecular weight is 747 g/mol. The van der Waals surface area contributed by atoms with E-state index in [1.807, 2.05) is 51.7 Å². The summed E-state index contributed by atoms with van der Waals surface area (Å²) in [5.74, 6) is -0.972. The van der Waals surface area contributed by atoms with E-state index in [9.17, 15) is 19.5 Å². The van der Waals surface area contributed by atoms with Crippen LogP contribution in [0.15, 0.2) is 24.3 Å². The Balaban J connectivity index is 1.56. The number of rotatable bonds is 8. The van der Waals surface area contributed by atoms with E-state index in [-0.39, 0.29) is 35.8 Å². The van der Waals surface area contributed by atoms with Crippen molar-refractivity contribution in [1.82, 2.24) is 19.6 Å².